The molecule has 0 fully saturated rings. The van der Waals surface area contributed by atoms with Gasteiger partial charge >= 0.3 is 6.36 Å². The number of rotatable bonds is 6. The number of ether oxygens (including phenoxy) is 2. The molecule has 0 saturated heterocycles. The van der Waals surface area contributed by atoms with E-state index in [1.807, 2.05) is 0 Å². The predicted molar refractivity (Wildman–Crippen MR) is 77.9 cm³/mol. The fourth-order valence-corrected chi connectivity index (χ4v) is 1.87. The SMILES string of the molecule is COc1ccc(OC(F)(F)F)cc1[C@H](N)CCC(C)C.Cl. The van der Waals surface area contributed by atoms with Gasteiger partial charge in [0.2, 0.25) is 0 Å². The molecule has 0 saturated carbocycles. The molecule has 0 bridgehead atoms. The molecule has 0 aliphatic heterocycles. The molecule has 122 valence electrons. The van der Waals surface area contributed by atoms with E-state index in [2.05, 4.69) is 18.6 Å². The number of nitrogens with two attached hydrogens (primary N) is 1. The second kappa shape index (κ2) is 8.34. The summed E-state index contributed by atoms with van der Waals surface area (Å²) in [5.74, 6) is 0.658. The first kappa shape index (κ1) is 19.9. The molecule has 1 rings (SSSR count). The highest BCUT2D eigenvalue weighted by Crippen LogP contribution is 2.33. The summed E-state index contributed by atoms with van der Waals surface area (Å²) >= 11 is 0. The lowest BCUT2D eigenvalue weighted by Crippen LogP contribution is -2.18. The van der Waals surface area contributed by atoms with E-state index in [0.717, 1.165) is 6.42 Å². The van der Waals surface area contributed by atoms with Crippen LogP contribution in [0.3, 0.4) is 0 Å². The van der Waals surface area contributed by atoms with Crippen molar-refractivity contribution in [2.75, 3.05) is 7.11 Å². The highest BCUT2D eigenvalue weighted by atomic mass is 35.5. The summed E-state index contributed by atoms with van der Waals surface area (Å²) in [6.07, 6.45) is -3.16. The molecule has 1 aromatic rings. The first-order valence-electron chi connectivity index (χ1n) is 6.42. The van der Waals surface area contributed by atoms with Crippen molar-refractivity contribution in [1.29, 1.82) is 0 Å². The van der Waals surface area contributed by atoms with Crippen LogP contribution in [-0.2, 0) is 0 Å². The molecule has 0 unspecified atom stereocenters. The van der Waals surface area contributed by atoms with E-state index in [1.54, 1.807) is 0 Å². The summed E-state index contributed by atoms with van der Waals surface area (Å²) in [5, 5.41) is 0. The molecule has 0 aliphatic carbocycles. The quantitative estimate of drug-likeness (QED) is 0.839. The van der Waals surface area contributed by atoms with Gasteiger partial charge in [0, 0.05) is 11.6 Å². The van der Waals surface area contributed by atoms with Crippen LogP contribution < -0.4 is 15.2 Å². The van der Waals surface area contributed by atoms with Crippen molar-refractivity contribution in [1.82, 2.24) is 0 Å². The number of methoxy groups -OCH3 is 1. The molecule has 0 spiro atoms. The standard InChI is InChI=1S/C14H20F3NO2.ClH/c1-9(2)4-6-12(18)11-8-10(20-14(15,16)17)5-7-13(11)19-3;/h5,7-9,12H,4,6,18H2,1-3H3;1H/t12-;/m1./s1. The molecule has 1 aromatic carbocycles. The normalized spacial score (nSPS) is 12.8. The van der Waals surface area contributed by atoms with Gasteiger partial charge in [0.15, 0.2) is 0 Å². The minimum Gasteiger partial charge on any atom is -0.496 e. The highest BCUT2D eigenvalue weighted by molar-refractivity contribution is 5.85. The van der Waals surface area contributed by atoms with E-state index in [4.69, 9.17) is 10.5 Å². The van der Waals surface area contributed by atoms with Gasteiger partial charge in [0.05, 0.1) is 7.11 Å². The molecule has 3 nitrogen and oxygen atoms in total. The van der Waals surface area contributed by atoms with Gasteiger partial charge in [-0.15, -0.1) is 25.6 Å². The zero-order chi connectivity index (χ0) is 15.3. The summed E-state index contributed by atoms with van der Waals surface area (Å²) in [6.45, 7) is 4.13. The van der Waals surface area contributed by atoms with E-state index in [0.29, 0.717) is 23.7 Å². The molecule has 0 aromatic heterocycles. The maximum absolute atomic E-state index is 12.2. The van der Waals surface area contributed by atoms with Crippen LogP contribution in [0, 0.1) is 5.92 Å². The molecular weight excluding hydrogens is 307 g/mol. The van der Waals surface area contributed by atoms with E-state index >= 15 is 0 Å². The zero-order valence-electron chi connectivity index (χ0n) is 12.2. The number of hydrogen-bond donors (Lipinski definition) is 1. The Hall–Kier alpha value is -1.14. The Balaban J connectivity index is 0.00000400. The third-order valence-corrected chi connectivity index (χ3v) is 2.89. The van der Waals surface area contributed by atoms with Crippen molar-refractivity contribution < 1.29 is 22.6 Å². The monoisotopic (exact) mass is 327 g/mol. The van der Waals surface area contributed by atoms with Crippen LogP contribution in [0.2, 0.25) is 0 Å². The van der Waals surface area contributed by atoms with Gasteiger partial charge in [0.1, 0.15) is 11.5 Å². The van der Waals surface area contributed by atoms with E-state index in [-0.39, 0.29) is 24.2 Å². The van der Waals surface area contributed by atoms with Crippen molar-refractivity contribution in [3.63, 3.8) is 0 Å². The summed E-state index contributed by atoms with van der Waals surface area (Å²) in [5.41, 5.74) is 6.56. The van der Waals surface area contributed by atoms with Crippen LogP contribution in [0.5, 0.6) is 11.5 Å². The van der Waals surface area contributed by atoms with Gasteiger partial charge in [-0.2, -0.15) is 0 Å². The van der Waals surface area contributed by atoms with Crippen LogP contribution >= 0.6 is 12.4 Å². The molecule has 7 heteroatoms. The number of halogens is 4. The van der Waals surface area contributed by atoms with Crippen molar-refractivity contribution in [2.45, 2.75) is 39.1 Å². The third-order valence-electron chi connectivity index (χ3n) is 2.89. The Morgan fingerprint density at radius 3 is 2.29 bits per heavy atom. The molecule has 2 N–H and O–H groups in total. The van der Waals surface area contributed by atoms with Crippen molar-refractivity contribution in [3.8, 4) is 11.5 Å². The van der Waals surface area contributed by atoms with E-state index in [1.165, 1.54) is 25.3 Å². The fraction of sp³-hybridized carbons (Fsp3) is 0.571. The number of alkyl halides is 3. The average Bonchev–Trinajstić information content (AvgIpc) is 2.33. The molecule has 0 aliphatic rings. The second-order valence-corrected chi connectivity index (χ2v) is 5.03. The summed E-state index contributed by atoms with van der Waals surface area (Å²) in [4.78, 5) is 0. The van der Waals surface area contributed by atoms with Gasteiger partial charge in [-0.3, -0.25) is 0 Å². The Bertz CT molecular complexity index is 439. The lowest BCUT2D eigenvalue weighted by atomic mass is 9.97. The second-order valence-electron chi connectivity index (χ2n) is 5.03. The maximum Gasteiger partial charge on any atom is 0.573 e. The van der Waals surface area contributed by atoms with Gasteiger partial charge in [-0.1, -0.05) is 13.8 Å². The number of hydrogen-bond acceptors (Lipinski definition) is 3. The maximum atomic E-state index is 12.2. The van der Waals surface area contributed by atoms with Crippen molar-refractivity contribution >= 4 is 12.4 Å². The molecule has 0 radical (unpaired) electrons. The minimum atomic E-state index is -4.71. The van der Waals surface area contributed by atoms with Crippen LogP contribution in [0.1, 0.15) is 38.3 Å². The van der Waals surface area contributed by atoms with E-state index in [9.17, 15) is 13.2 Å². The van der Waals surface area contributed by atoms with Crippen molar-refractivity contribution in [3.05, 3.63) is 23.8 Å². The topological polar surface area (TPSA) is 44.5 Å². The summed E-state index contributed by atoms with van der Waals surface area (Å²) in [7, 11) is 1.46. The molecule has 0 amide bonds. The van der Waals surface area contributed by atoms with Gasteiger partial charge in [-0.25, -0.2) is 0 Å². The third kappa shape index (κ3) is 6.91. The smallest absolute Gasteiger partial charge is 0.496 e. The van der Waals surface area contributed by atoms with Crippen molar-refractivity contribution in [2.24, 2.45) is 11.7 Å². The van der Waals surface area contributed by atoms with Gasteiger partial charge in [0.25, 0.3) is 0 Å². The Labute approximate surface area is 129 Å². The van der Waals surface area contributed by atoms with E-state index < -0.39 is 6.36 Å². The number of benzene rings is 1. The predicted octanol–water partition coefficient (Wildman–Crippen LogP) is 4.45. The molecule has 0 heterocycles. The fourth-order valence-electron chi connectivity index (χ4n) is 1.87. The van der Waals surface area contributed by atoms with Crippen LogP contribution in [0.15, 0.2) is 18.2 Å². The molecule has 1 atom stereocenters. The lowest BCUT2D eigenvalue weighted by molar-refractivity contribution is -0.274. The lowest BCUT2D eigenvalue weighted by Gasteiger charge is -2.18. The largest absolute Gasteiger partial charge is 0.573 e. The van der Waals surface area contributed by atoms with Crippen LogP contribution in [0.25, 0.3) is 0 Å². The zero-order valence-corrected chi connectivity index (χ0v) is 13.1. The summed E-state index contributed by atoms with van der Waals surface area (Å²) in [6, 6.07) is 3.55. The van der Waals surface area contributed by atoms with Gasteiger partial charge in [-0.05, 0) is 37.0 Å². The molecular formula is C14H21ClF3NO2. The minimum absolute atomic E-state index is 0. The Morgan fingerprint density at radius 2 is 1.81 bits per heavy atom. The van der Waals surface area contributed by atoms with Crippen LogP contribution in [0.4, 0.5) is 13.2 Å². The van der Waals surface area contributed by atoms with Crippen LogP contribution in [-0.4, -0.2) is 13.5 Å². The Morgan fingerprint density at radius 1 is 1.19 bits per heavy atom. The van der Waals surface area contributed by atoms with Gasteiger partial charge < -0.3 is 15.2 Å². The first-order chi connectivity index (χ1) is 9.23. The Kier molecular flexibility index (Phi) is 7.89. The summed E-state index contributed by atoms with van der Waals surface area (Å²) < 4.78 is 45.7. The highest BCUT2D eigenvalue weighted by Gasteiger charge is 2.31. The molecule has 21 heavy (non-hydrogen) atoms. The first-order valence-corrected chi connectivity index (χ1v) is 6.42. The average molecular weight is 328 g/mol.